The number of rotatable bonds is 6. The Hall–Kier alpha value is -3.45. The molecular weight excluding hydrogens is 432 g/mol. The summed E-state index contributed by atoms with van der Waals surface area (Å²) in [5.41, 5.74) is 3.05. The van der Waals surface area contributed by atoms with Crippen LogP contribution in [0.4, 0.5) is 5.69 Å². The van der Waals surface area contributed by atoms with Gasteiger partial charge in [-0.05, 0) is 42.5 Å². The second kappa shape index (κ2) is 9.19. The molecule has 7 heteroatoms. The topological polar surface area (TPSA) is 67.2 Å². The van der Waals surface area contributed by atoms with Gasteiger partial charge < -0.3 is 10.2 Å². The zero-order chi connectivity index (χ0) is 22.8. The summed E-state index contributed by atoms with van der Waals surface area (Å²) >= 11 is 1.51. The fourth-order valence-electron chi connectivity index (χ4n) is 4.48. The van der Waals surface area contributed by atoms with Crippen LogP contribution in [0.15, 0.2) is 71.8 Å². The number of aryl methyl sites for hydroxylation is 1. The molecule has 0 radical (unpaired) electrons. The number of thiophene rings is 1. The van der Waals surface area contributed by atoms with Gasteiger partial charge in [-0.1, -0.05) is 48.5 Å². The lowest BCUT2D eigenvalue weighted by molar-refractivity contribution is -0.121. The largest absolute Gasteiger partial charge is 0.371 e. The predicted octanol–water partition coefficient (Wildman–Crippen LogP) is 4.08. The van der Waals surface area contributed by atoms with Crippen LogP contribution in [0, 0.1) is 12.8 Å². The Kier molecular flexibility index (Phi) is 5.96. The molecule has 3 heterocycles. The average molecular weight is 459 g/mol. The van der Waals surface area contributed by atoms with Gasteiger partial charge in [-0.3, -0.25) is 14.2 Å². The third-order valence-electron chi connectivity index (χ3n) is 6.26. The van der Waals surface area contributed by atoms with Crippen molar-refractivity contribution in [1.29, 1.82) is 0 Å². The van der Waals surface area contributed by atoms with Crippen molar-refractivity contribution in [3.63, 3.8) is 0 Å². The van der Waals surface area contributed by atoms with Crippen molar-refractivity contribution in [1.82, 2.24) is 14.9 Å². The molecule has 1 amide bonds. The van der Waals surface area contributed by atoms with Crippen molar-refractivity contribution in [2.75, 3.05) is 24.5 Å². The van der Waals surface area contributed by atoms with E-state index in [9.17, 15) is 9.59 Å². The summed E-state index contributed by atoms with van der Waals surface area (Å²) in [7, 11) is 0. The van der Waals surface area contributed by atoms with Gasteiger partial charge in [0.2, 0.25) is 5.91 Å². The van der Waals surface area contributed by atoms with E-state index in [-0.39, 0.29) is 18.0 Å². The maximum absolute atomic E-state index is 13.1. The lowest BCUT2D eigenvalue weighted by atomic mass is 10.1. The number of hydrogen-bond acceptors (Lipinski definition) is 5. The van der Waals surface area contributed by atoms with E-state index in [4.69, 9.17) is 0 Å². The standard InChI is InChI=1S/C26H26N4O2S/c1-18-23-25(33-24(18)20-8-4-2-5-9-20)28-17-30(26(23)32)16-22(31)27-14-19-12-13-29(15-19)21-10-6-3-7-11-21/h2-11,17,19H,12-16H2,1H3,(H,27,31). The van der Waals surface area contributed by atoms with Crippen molar-refractivity contribution in [3.05, 3.63) is 82.9 Å². The first-order chi connectivity index (χ1) is 16.1. The summed E-state index contributed by atoms with van der Waals surface area (Å²) in [6.07, 6.45) is 2.53. The number of carbonyl (C=O) groups is 1. The quantitative estimate of drug-likeness (QED) is 0.473. The molecule has 0 saturated carbocycles. The van der Waals surface area contributed by atoms with Gasteiger partial charge >= 0.3 is 0 Å². The Morgan fingerprint density at radius 1 is 1.12 bits per heavy atom. The number of hydrogen-bond donors (Lipinski definition) is 1. The summed E-state index contributed by atoms with van der Waals surface area (Å²) in [5.74, 6) is 0.242. The summed E-state index contributed by atoms with van der Waals surface area (Å²) in [4.78, 5) is 34.3. The van der Waals surface area contributed by atoms with Crippen LogP contribution in [0.1, 0.15) is 12.0 Å². The highest BCUT2D eigenvalue weighted by molar-refractivity contribution is 7.22. The molecule has 4 aromatic rings. The molecular formula is C26H26N4O2S. The van der Waals surface area contributed by atoms with Crippen LogP contribution in [0.25, 0.3) is 20.7 Å². The molecule has 0 bridgehead atoms. The molecule has 5 rings (SSSR count). The van der Waals surface area contributed by atoms with Gasteiger partial charge in [0, 0.05) is 30.2 Å². The second-order valence-corrected chi connectivity index (χ2v) is 9.52. The number of nitrogens with one attached hydrogen (secondary N) is 1. The van der Waals surface area contributed by atoms with Crippen molar-refractivity contribution in [2.45, 2.75) is 19.9 Å². The number of fused-ring (bicyclic) bond motifs is 1. The zero-order valence-corrected chi connectivity index (χ0v) is 19.3. The molecule has 1 aliphatic heterocycles. The molecule has 1 N–H and O–H groups in total. The highest BCUT2D eigenvalue weighted by Gasteiger charge is 2.23. The minimum atomic E-state index is -0.165. The third kappa shape index (κ3) is 4.41. The predicted molar refractivity (Wildman–Crippen MR) is 134 cm³/mol. The minimum absolute atomic E-state index is 0.0210. The number of benzene rings is 2. The van der Waals surface area contributed by atoms with Crippen molar-refractivity contribution >= 4 is 33.1 Å². The van der Waals surface area contributed by atoms with Crippen LogP contribution in [0.5, 0.6) is 0 Å². The van der Waals surface area contributed by atoms with Crippen molar-refractivity contribution in [3.8, 4) is 10.4 Å². The normalized spacial score (nSPS) is 15.8. The first-order valence-corrected chi connectivity index (χ1v) is 12.0. The lowest BCUT2D eigenvalue weighted by Gasteiger charge is -2.18. The summed E-state index contributed by atoms with van der Waals surface area (Å²) < 4.78 is 1.41. The van der Waals surface area contributed by atoms with E-state index < -0.39 is 0 Å². The number of aromatic nitrogens is 2. The highest BCUT2D eigenvalue weighted by atomic mass is 32.1. The van der Waals surface area contributed by atoms with Crippen LogP contribution in [-0.2, 0) is 11.3 Å². The first kappa shape index (κ1) is 21.4. The van der Waals surface area contributed by atoms with E-state index in [1.807, 2.05) is 55.5 Å². The molecule has 2 aromatic carbocycles. The van der Waals surface area contributed by atoms with E-state index in [0.29, 0.717) is 22.7 Å². The van der Waals surface area contributed by atoms with Crippen LogP contribution in [0.2, 0.25) is 0 Å². The van der Waals surface area contributed by atoms with Gasteiger partial charge in [-0.15, -0.1) is 11.3 Å². The van der Waals surface area contributed by atoms with Crippen molar-refractivity contribution in [2.24, 2.45) is 5.92 Å². The van der Waals surface area contributed by atoms with Crippen LogP contribution < -0.4 is 15.8 Å². The molecule has 2 aromatic heterocycles. The van der Waals surface area contributed by atoms with E-state index >= 15 is 0 Å². The number of carbonyl (C=O) groups excluding carboxylic acids is 1. The molecule has 168 valence electrons. The maximum Gasteiger partial charge on any atom is 0.262 e. The number of para-hydroxylation sites is 1. The summed E-state index contributed by atoms with van der Waals surface area (Å²) in [6, 6.07) is 20.4. The van der Waals surface area contributed by atoms with Crippen LogP contribution >= 0.6 is 11.3 Å². The third-order valence-corrected chi connectivity index (χ3v) is 7.51. The van der Waals surface area contributed by atoms with Crippen LogP contribution in [-0.4, -0.2) is 35.1 Å². The maximum atomic E-state index is 13.1. The monoisotopic (exact) mass is 458 g/mol. The molecule has 33 heavy (non-hydrogen) atoms. The van der Waals surface area contributed by atoms with Crippen molar-refractivity contribution < 1.29 is 4.79 Å². The molecule has 1 fully saturated rings. The molecule has 0 spiro atoms. The average Bonchev–Trinajstić information content (AvgIpc) is 3.46. The Morgan fingerprint density at radius 3 is 2.61 bits per heavy atom. The van der Waals surface area contributed by atoms with Gasteiger partial charge in [0.15, 0.2) is 0 Å². The van der Waals surface area contributed by atoms with Gasteiger partial charge in [-0.2, -0.15) is 0 Å². The van der Waals surface area contributed by atoms with Gasteiger partial charge in [0.25, 0.3) is 5.56 Å². The molecule has 1 aliphatic rings. The SMILES string of the molecule is Cc1c(-c2ccccc2)sc2ncn(CC(=O)NCC3CCN(c4ccccc4)C3)c(=O)c12. The van der Waals surface area contributed by atoms with E-state index in [0.717, 1.165) is 35.5 Å². The summed E-state index contributed by atoms with van der Waals surface area (Å²) in [6.45, 7) is 4.46. The smallest absolute Gasteiger partial charge is 0.262 e. The number of nitrogens with zero attached hydrogens (tertiary/aromatic N) is 3. The fraction of sp³-hybridized carbons (Fsp3) is 0.269. The lowest BCUT2D eigenvalue weighted by Crippen LogP contribution is -2.35. The Labute approximate surface area is 196 Å². The molecule has 1 atom stereocenters. The van der Waals surface area contributed by atoms with Crippen LogP contribution in [0.3, 0.4) is 0 Å². The van der Waals surface area contributed by atoms with Gasteiger partial charge in [0.05, 0.1) is 11.7 Å². The Balaban J connectivity index is 1.25. The Bertz CT molecular complexity index is 1330. The van der Waals surface area contributed by atoms with Gasteiger partial charge in [0.1, 0.15) is 11.4 Å². The first-order valence-electron chi connectivity index (χ1n) is 11.2. The molecule has 1 unspecified atom stereocenters. The highest BCUT2D eigenvalue weighted by Crippen LogP contribution is 2.35. The molecule has 0 aliphatic carbocycles. The molecule has 1 saturated heterocycles. The fourth-order valence-corrected chi connectivity index (χ4v) is 5.62. The minimum Gasteiger partial charge on any atom is -0.371 e. The van der Waals surface area contributed by atoms with E-state index in [2.05, 4.69) is 27.3 Å². The van der Waals surface area contributed by atoms with E-state index in [1.165, 1.54) is 27.9 Å². The van der Waals surface area contributed by atoms with Gasteiger partial charge in [-0.25, -0.2) is 4.98 Å². The summed E-state index contributed by atoms with van der Waals surface area (Å²) in [5, 5.41) is 3.62. The number of amides is 1. The van der Waals surface area contributed by atoms with E-state index in [1.54, 1.807) is 0 Å². The zero-order valence-electron chi connectivity index (χ0n) is 18.5. The molecule has 6 nitrogen and oxygen atoms in total. The Morgan fingerprint density at radius 2 is 1.85 bits per heavy atom. The number of anilines is 1. The second-order valence-electron chi connectivity index (χ2n) is 8.52.